The number of aromatic hydroxyl groups is 2. The standard InChI is InChI=1S/C32H35FN2O3.CH4S/c1-34-22-35(27-9-3-2-4-10-27)30(12-5-6-13-31(37)23-14-17-26(33)18-15-23)29-19-16-25(21-32(29)38)24-8-7-11-28(36)20-24;1-2/h2-4,7-11,14-21,30-31,34,36-38H,5-6,12-13,22H2,1H3;2H,1H3. The van der Waals surface area contributed by atoms with Crippen molar-refractivity contribution in [1.82, 2.24) is 5.32 Å². The number of benzene rings is 4. The monoisotopic (exact) mass is 562 g/mol. The molecular formula is C33H39FN2O3S. The molecule has 2 unspecified atom stereocenters. The van der Waals surface area contributed by atoms with Crippen LogP contribution >= 0.6 is 12.6 Å². The minimum Gasteiger partial charge on any atom is -0.508 e. The molecule has 40 heavy (non-hydrogen) atoms. The number of thiol groups is 1. The van der Waals surface area contributed by atoms with Crippen molar-refractivity contribution in [1.29, 1.82) is 0 Å². The molecule has 0 bridgehead atoms. The van der Waals surface area contributed by atoms with Gasteiger partial charge in [-0.25, -0.2) is 4.39 Å². The minimum absolute atomic E-state index is 0.119. The number of phenolic OH excluding ortho intramolecular Hbond substituents is 2. The Bertz CT molecular complexity index is 1300. The van der Waals surface area contributed by atoms with Crippen LogP contribution < -0.4 is 10.2 Å². The number of hydrogen-bond donors (Lipinski definition) is 5. The van der Waals surface area contributed by atoms with Crippen molar-refractivity contribution < 1.29 is 19.7 Å². The number of aliphatic hydroxyl groups is 1. The number of nitrogens with zero attached hydrogens (tertiary/aromatic N) is 1. The van der Waals surface area contributed by atoms with E-state index in [1.165, 1.54) is 12.1 Å². The number of rotatable bonds is 12. The highest BCUT2D eigenvalue weighted by atomic mass is 32.1. The summed E-state index contributed by atoms with van der Waals surface area (Å²) in [6.45, 7) is 0.584. The molecule has 0 aromatic heterocycles. The van der Waals surface area contributed by atoms with Crippen LogP contribution in [-0.4, -0.2) is 35.3 Å². The molecular weight excluding hydrogens is 523 g/mol. The Kier molecular flexibility index (Phi) is 12.3. The molecule has 0 saturated heterocycles. The summed E-state index contributed by atoms with van der Waals surface area (Å²) in [5.74, 6) is 0.0551. The zero-order valence-electron chi connectivity index (χ0n) is 23.0. The van der Waals surface area contributed by atoms with Crippen LogP contribution in [0.3, 0.4) is 0 Å². The summed E-state index contributed by atoms with van der Waals surface area (Å²) in [5, 5.41) is 34.9. The van der Waals surface area contributed by atoms with Gasteiger partial charge in [-0.1, -0.05) is 67.4 Å². The third kappa shape index (κ3) is 8.49. The fourth-order valence-corrected chi connectivity index (χ4v) is 4.87. The van der Waals surface area contributed by atoms with Gasteiger partial charge in [-0.3, -0.25) is 0 Å². The SMILES string of the molecule is CNCN(c1ccccc1)C(CCCCC(O)c1ccc(F)cc1)c1ccc(-c2cccc(O)c2)cc1O.CS. The molecule has 0 aliphatic carbocycles. The van der Waals surface area contributed by atoms with Gasteiger partial charge in [0.25, 0.3) is 0 Å². The second kappa shape index (κ2) is 15.9. The maximum Gasteiger partial charge on any atom is 0.123 e. The molecule has 0 amide bonds. The first kappa shape index (κ1) is 31.0. The zero-order chi connectivity index (χ0) is 28.9. The summed E-state index contributed by atoms with van der Waals surface area (Å²) in [6.07, 6.45) is 3.97. The smallest absolute Gasteiger partial charge is 0.123 e. The lowest BCUT2D eigenvalue weighted by Gasteiger charge is -2.34. The number of anilines is 1. The van der Waals surface area contributed by atoms with E-state index in [0.29, 0.717) is 18.7 Å². The highest BCUT2D eigenvalue weighted by Gasteiger charge is 2.24. The lowest BCUT2D eigenvalue weighted by atomic mass is 9.94. The first-order valence-electron chi connectivity index (χ1n) is 13.4. The fourth-order valence-electron chi connectivity index (χ4n) is 4.87. The van der Waals surface area contributed by atoms with Gasteiger partial charge in [-0.15, -0.1) is 0 Å². The molecule has 0 spiro atoms. The molecule has 4 rings (SSSR count). The highest BCUT2D eigenvalue weighted by Crippen LogP contribution is 2.38. The molecule has 4 aromatic carbocycles. The predicted molar refractivity (Wildman–Crippen MR) is 166 cm³/mol. The Hall–Kier alpha value is -3.52. The van der Waals surface area contributed by atoms with E-state index in [-0.39, 0.29) is 23.4 Å². The molecule has 212 valence electrons. The van der Waals surface area contributed by atoms with Crippen LogP contribution in [0.1, 0.15) is 49.0 Å². The van der Waals surface area contributed by atoms with Crippen LogP contribution in [0.2, 0.25) is 0 Å². The maximum atomic E-state index is 13.2. The Morgan fingerprint density at radius 3 is 2.12 bits per heavy atom. The van der Waals surface area contributed by atoms with Gasteiger partial charge in [0.2, 0.25) is 0 Å². The van der Waals surface area contributed by atoms with Gasteiger partial charge in [0.15, 0.2) is 0 Å². The Balaban J connectivity index is 0.00000216. The van der Waals surface area contributed by atoms with Crippen molar-refractivity contribution >= 4 is 18.3 Å². The van der Waals surface area contributed by atoms with Gasteiger partial charge in [0.1, 0.15) is 17.3 Å². The summed E-state index contributed by atoms with van der Waals surface area (Å²) >= 11 is 3.53. The van der Waals surface area contributed by atoms with Crippen molar-refractivity contribution in [3.63, 3.8) is 0 Å². The molecule has 5 nitrogen and oxygen atoms in total. The van der Waals surface area contributed by atoms with E-state index in [1.807, 2.05) is 43.4 Å². The lowest BCUT2D eigenvalue weighted by Crippen LogP contribution is -2.36. The number of para-hydroxylation sites is 1. The topological polar surface area (TPSA) is 76.0 Å². The summed E-state index contributed by atoms with van der Waals surface area (Å²) in [4.78, 5) is 2.24. The molecule has 2 atom stereocenters. The fraction of sp³-hybridized carbons (Fsp3) is 0.273. The van der Waals surface area contributed by atoms with Gasteiger partial charge >= 0.3 is 0 Å². The average Bonchev–Trinajstić information content (AvgIpc) is 2.98. The first-order valence-corrected chi connectivity index (χ1v) is 14.3. The van der Waals surface area contributed by atoms with Crippen molar-refractivity contribution in [3.8, 4) is 22.6 Å². The highest BCUT2D eigenvalue weighted by molar-refractivity contribution is 7.79. The van der Waals surface area contributed by atoms with Crippen LogP contribution in [0.25, 0.3) is 11.1 Å². The predicted octanol–water partition coefficient (Wildman–Crippen LogP) is 7.47. The number of aliphatic hydroxyl groups excluding tert-OH is 1. The van der Waals surface area contributed by atoms with Crippen LogP contribution in [0.5, 0.6) is 11.5 Å². The first-order chi connectivity index (χ1) is 19.5. The van der Waals surface area contributed by atoms with Crippen molar-refractivity contribution in [2.45, 2.75) is 37.8 Å². The van der Waals surface area contributed by atoms with Gasteiger partial charge < -0.3 is 25.5 Å². The molecule has 0 aliphatic heterocycles. The normalized spacial score (nSPS) is 12.2. The minimum atomic E-state index is -0.647. The number of nitrogens with one attached hydrogen (secondary N) is 1. The molecule has 0 saturated carbocycles. The van der Waals surface area contributed by atoms with Gasteiger partial charge in [0, 0.05) is 11.3 Å². The van der Waals surface area contributed by atoms with E-state index in [9.17, 15) is 19.7 Å². The third-order valence-electron chi connectivity index (χ3n) is 6.82. The Morgan fingerprint density at radius 2 is 1.48 bits per heavy atom. The van der Waals surface area contributed by atoms with E-state index in [2.05, 4.69) is 35.0 Å². The Labute approximate surface area is 242 Å². The van der Waals surface area contributed by atoms with Crippen LogP contribution in [0.4, 0.5) is 10.1 Å². The maximum absolute atomic E-state index is 13.2. The second-order valence-corrected chi connectivity index (χ2v) is 9.51. The van der Waals surface area contributed by atoms with Crippen molar-refractivity contribution in [2.75, 3.05) is 24.9 Å². The van der Waals surface area contributed by atoms with E-state index in [4.69, 9.17) is 0 Å². The van der Waals surface area contributed by atoms with Gasteiger partial charge in [-0.05, 0) is 85.3 Å². The molecule has 0 fully saturated rings. The van der Waals surface area contributed by atoms with Crippen LogP contribution in [0.15, 0.2) is 97.1 Å². The lowest BCUT2D eigenvalue weighted by molar-refractivity contribution is 0.163. The van der Waals surface area contributed by atoms with E-state index < -0.39 is 6.10 Å². The zero-order valence-corrected chi connectivity index (χ0v) is 23.9. The summed E-state index contributed by atoms with van der Waals surface area (Å²) in [7, 11) is 1.90. The Morgan fingerprint density at radius 1 is 0.800 bits per heavy atom. The molecule has 0 radical (unpaired) electrons. The summed E-state index contributed by atoms with van der Waals surface area (Å²) < 4.78 is 13.2. The van der Waals surface area contributed by atoms with E-state index in [1.54, 1.807) is 42.7 Å². The van der Waals surface area contributed by atoms with Gasteiger partial charge in [0.05, 0.1) is 18.8 Å². The number of phenols is 2. The third-order valence-corrected chi connectivity index (χ3v) is 6.82. The van der Waals surface area contributed by atoms with Crippen molar-refractivity contribution in [2.24, 2.45) is 0 Å². The quantitative estimate of drug-likeness (QED) is 0.0704. The molecule has 0 aliphatic rings. The van der Waals surface area contributed by atoms with Crippen LogP contribution in [0, 0.1) is 5.82 Å². The van der Waals surface area contributed by atoms with Crippen molar-refractivity contribution in [3.05, 3.63) is 114 Å². The average molecular weight is 563 g/mol. The van der Waals surface area contributed by atoms with Crippen LogP contribution in [-0.2, 0) is 0 Å². The number of halogens is 1. The number of hydrogen-bond acceptors (Lipinski definition) is 6. The van der Waals surface area contributed by atoms with Gasteiger partial charge in [-0.2, -0.15) is 12.6 Å². The summed E-state index contributed by atoms with van der Waals surface area (Å²) in [6, 6.07) is 28.6. The molecule has 7 heteroatoms. The van der Waals surface area contributed by atoms with E-state index in [0.717, 1.165) is 41.6 Å². The number of unbranched alkanes of at least 4 members (excludes halogenated alkanes) is 1. The molecule has 4 N–H and O–H groups in total. The second-order valence-electron chi connectivity index (χ2n) is 9.51. The summed E-state index contributed by atoms with van der Waals surface area (Å²) in [5.41, 5.74) is 4.21. The van der Waals surface area contributed by atoms with E-state index >= 15 is 0 Å². The molecule has 4 aromatic rings. The molecule has 0 heterocycles. The largest absolute Gasteiger partial charge is 0.508 e.